The second kappa shape index (κ2) is 7.74. The fraction of sp³-hybridized carbons (Fsp3) is 0.0500. The van der Waals surface area contributed by atoms with Crippen LogP contribution in [0.2, 0.25) is 0 Å². The van der Waals surface area contributed by atoms with Crippen molar-refractivity contribution in [3.05, 3.63) is 84.4 Å². The number of nitrogens with zero attached hydrogens (tertiary/aromatic N) is 5. The van der Waals surface area contributed by atoms with Gasteiger partial charge in [-0.05, 0) is 12.1 Å². The van der Waals surface area contributed by atoms with E-state index in [1.165, 1.54) is 30.6 Å². The number of rotatable bonds is 4. The molecule has 4 rings (SSSR count). The van der Waals surface area contributed by atoms with Crippen molar-refractivity contribution >= 4 is 11.6 Å². The minimum atomic E-state index is -4.57. The monoisotopic (exact) mass is 410 g/mol. The lowest BCUT2D eigenvalue weighted by atomic mass is 10.1. The van der Waals surface area contributed by atoms with Gasteiger partial charge in [-0.3, -0.25) is 4.79 Å². The second-order valence-electron chi connectivity index (χ2n) is 6.18. The average molecular weight is 410 g/mol. The summed E-state index contributed by atoms with van der Waals surface area (Å²) in [5, 5.41) is 9.87. The predicted octanol–water partition coefficient (Wildman–Crippen LogP) is 4.00. The number of carbonyl (C=O) groups excluding carboxylic acids is 1. The molecule has 0 saturated heterocycles. The maximum absolute atomic E-state index is 13.2. The predicted molar refractivity (Wildman–Crippen MR) is 102 cm³/mol. The molecule has 0 spiro atoms. The number of hydrogen-bond acceptors (Lipinski definition) is 5. The molecule has 0 aliphatic rings. The van der Waals surface area contributed by atoms with Gasteiger partial charge in [-0.25, -0.2) is 14.6 Å². The first-order chi connectivity index (χ1) is 14.4. The molecule has 1 N–H and O–H groups in total. The van der Waals surface area contributed by atoms with Crippen molar-refractivity contribution in [2.45, 2.75) is 6.18 Å². The van der Waals surface area contributed by atoms with Gasteiger partial charge in [0.2, 0.25) is 0 Å². The molecular formula is C20H13F3N6O. The van der Waals surface area contributed by atoms with Crippen LogP contribution in [0.25, 0.3) is 17.1 Å². The smallest absolute Gasteiger partial charge is 0.318 e. The van der Waals surface area contributed by atoms with Crippen molar-refractivity contribution in [2.24, 2.45) is 0 Å². The molecule has 1 amide bonds. The van der Waals surface area contributed by atoms with Crippen molar-refractivity contribution in [1.29, 1.82) is 0 Å². The molecule has 0 radical (unpaired) electrons. The van der Waals surface area contributed by atoms with Crippen LogP contribution in [-0.2, 0) is 6.18 Å². The van der Waals surface area contributed by atoms with E-state index in [9.17, 15) is 18.0 Å². The van der Waals surface area contributed by atoms with Crippen LogP contribution in [0.4, 0.5) is 18.9 Å². The van der Waals surface area contributed by atoms with Gasteiger partial charge in [0, 0.05) is 5.56 Å². The molecule has 30 heavy (non-hydrogen) atoms. The fourth-order valence-electron chi connectivity index (χ4n) is 2.72. The standard InChI is InChI=1S/C20H13F3N6O/c21-20(22,23)15-8-4-5-9-17(15)29-12-16(27-28-29)19(30)26-14-10-24-18(25-11-14)13-6-2-1-3-7-13/h1-12H,(H,26,30). The van der Waals surface area contributed by atoms with Crippen LogP contribution in [0.5, 0.6) is 0 Å². The molecule has 2 aromatic carbocycles. The molecule has 10 heteroatoms. The number of aromatic nitrogens is 5. The molecule has 2 aromatic heterocycles. The van der Waals surface area contributed by atoms with Gasteiger partial charge in [-0.2, -0.15) is 13.2 Å². The molecular weight excluding hydrogens is 397 g/mol. The topological polar surface area (TPSA) is 85.6 Å². The van der Waals surface area contributed by atoms with Gasteiger partial charge in [0.25, 0.3) is 5.91 Å². The van der Waals surface area contributed by atoms with E-state index in [0.717, 1.165) is 22.5 Å². The van der Waals surface area contributed by atoms with Crippen molar-refractivity contribution in [3.63, 3.8) is 0 Å². The molecule has 0 fully saturated rings. The summed E-state index contributed by atoms with van der Waals surface area (Å²) < 4.78 is 40.5. The number of halogens is 3. The lowest BCUT2D eigenvalue weighted by molar-refractivity contribution is -0.137. The van der Waals surface area contributed by atoms with Crippen LogP contribution < -0.4 is 5.32 Å². The van der Waals surface area contributed by atoms with E-state index in [2.05, 4.69) is 25.6 Å². The van der Waals surface area contributed by atoms with E-state index in [1.807, 2.05) is 30.3 Å². The summed E-state index contributed by atoms with van der Waals surface area (Å²) in [6, 6.07) is 14.2. The lowest BCUT2D eigenvalue weighted by Crippen LogP contribution is -2.13. The lowest BCUT2D eigenvalue weighted by Gasteiger charge is -2.11. The summed E-state index contributed by atoms with van der Waals surface area (Å²) >= 11 is 0. The van der Waals surface area contributed by atoms with Crippen molar-refractivity contribution in [1.82, 2.24) is 25.0 Å². The highest BCUT2D eigenvalue weighted by Crippen LogP contribution is 2.33. The van der Waals surface area contributed by atoms with Gasteiger partial charge >= 0.3 is 6.18 Å². The molecule has 0 unspecified atom stereocenters. The van der Waals surface area contributed by atoms with Gasteiger partial charge in [-0.1, -0.05) is 47.7 Å². The van der Waals surface area contributed by atoms with E-state index >= 15 is 0 Å². The Morgan fingerprint density at radius 1 is 0.933 bits per heavy atom. The van der Waals surface area contributed by atoms with Crippen LogP contribution in [0, 0.1) is 0 Å². The Kier molecular flexibility index (Phi) is 4.97. The van der Waals surface area contributed by atoms with E-state index in [-0.39, 0.29) is 11.4 Å². The zero-order valence-corrected chi connectivity index (χ0v) is 15.2. The largest absolute Gasteiger partial charge is 0.418 e. The Balaban J connectivity index is 1.52. The molecule has 0 saturated carbocycles. The number of anilines is 1. The third kappa shape index (κ3) is 4.02. The van der Waals surface area contributed by atoms with Crippen LogP contribution >= 0.6 is 0 Å². The number of carbonyl (C=O) groups is 1. The Hall–Kier alpha value is -4.08. The minimum absolute atomic E-state index is 0.154. The van der Waals surface area contributed by atoms with E-state index in [0.29, 0.717) is 11.5 Å². The summed E-state index contributed by atoms with van der Waals surface area (Å²) in [6.45, 7) is 0. The van der Waals surface area contributed by atoms with E-state index in [4.69, 9.17) is 0 Å². The molecule has 0 aliphatic carbocycles. The first kappa shape index (κ1) is 19.2. The maximum Gasteiger partial charge on any atom is 0.418 e. The van der Waals surface area contributed by atoms with E-state index in [1.54, 1.807) is 0 Å². The normalized spacial score (nSPS) is 11.3. The molecule has 2 heterocycles. The number of amides is 1. The van der Waals surface area contributed by atoms with Crippen LogP contribution in [0.3, 0.4) is 0 Å². The Bertz CT molecular complexity index is 1170. The van der Waals surface area contributed by atoms with Gasteiger partial charge < -0.3 is 5.32 Å². The number of para-hydroxylation sites is 1. The maximum atomic E-state index is 13.2. The van der Waals surface area contributed by atoms with Gasteiger partial charge in [0.15, 0.2) is 11.5 Å². The van der Waals surface area contributed by atoms with Gasteiger partial charge in [-0.15, -0.1) is 5.10 Å². The molecule has 0 bridgehead atoms. The third-order valence-electron chi connectivity index (χ3n) is 4.12. The van der Waals surface area contributed by atoms with Gasteiger partial charge in [0.1, 0.15) is 0 Å². The fourth-order valence-corrected chi connectivity index (χ4v) is 2.72. The van der Waals surface area contributed by atoms with Crippen molar-refractivity contribution < 1.29 is 18.0 Å². The van der Waals surface area contributed by atoms with Crippen LogP contribution in [0.15, 0.2) is 73.2 Å². The van der Waals surface area contributed by atoms with Crippen molar-refractivity contribution in [2.75, 3.05) is 5.32 Å². The zero-order valence-electron chi connectivity index (χ0n) is 15.2. The number of alkyl halides is 3. The summed E-state index contributed by atoms with van der Waals surface area (Å²) in [5.74, 6) is -0.162. The molecule has 150 valence electrons. The van der Waals surface area contributed by atoms with Crippen LogP contribution in [-0.4, -0.2) is 30.9 Å². The molecule has 4 aromatic rings. The summed E-state index contributed by atoms with van der Waals surface area (Å²) in [7, 11) is 0. The zero-order chi connectivity index (χ0) is 21.1. The summed E-state index contributed by atoms with van der Waals surface area (Å²) in [6.07, 6.45) is -0.588. The van der Waals surface area contributed by atoms with E-state index < -0.39 is 17.6 Å². The molecule has 7 nitrogen and oxygen atoms in total. The minimum Gasteiger partial charge on any atom is -0.318 e. The number of hydrogen-bond donors (Lipinski definition) is 1. The van der Waals surface area contributed by atoms with Crippen molar-refractivity contribution in [3.8, 4) is 17.1 Å². The number of nitrogens with one attached hydrogen (secondary N) is 1. The average Bonchev–Trinajstić information content (AvgIpc) is 3.25. The summed E-state index contributed by atoms with van der Waals surface area (Å²) in [5.41, 5.74) is -0.135. The van der Waals surface area contributed by atoms with Crippen LogP contribution in [0.1, 0.15) is 16.1 Å². The highest BCUT2D eigenvalue weighted by atomic mass is 19.4. The first-order valence-electron chi connectivity index (χ1n) is 8.69. The molecule has 0 atom stereocenters. The SMILES string of the molecule is O=C(Nc1cnc(-c2ccccc2)nc1)c1cn(-c2ccccc2C(F)(F)F)nn1. The molecule has 0 aliphatic heterocycles. The Morgan fingerprint density at radius 2 is 1.60 bits per heavy atom. The van der Waals surface area contributed by atoms with Gasteiger partial charge in [0.05, 0.1) is 35.5 Å². The second-order valence-corrected chi connectivity index (χ2v) is 6.18. The highest BCUT2D eigenvalue weighted by Gasteiger charge is 2.34. The number of benzene rings is 2. The summed E-state index contributed by atoms with van der Waals surface area (Å²) in [4.78, 5) is 20.8. The third-order valence-corrected chi connectivity index (χ3v) is 4.12. The Labute approximate surface area is 168 Å². The quantitative estimate of drug-likeness (QED) is 0.550. The Morgan fingerprint density at radius 3 is 2.30 bits per heavy atom. The highest BCUT2D eigenvalue weighted by molar-refractivity contribution is 6.02. The first-order valence-corrected chi connectivity index (χ1v) is 8.69.